The first-order valence-corrected chi connectivity index (χ1v) is 9.23. The van der Waals surface area contributed by atoms with Gasteiger partial charge in [0.2, 0.25) is 5.76 Å². The quantitative estimate of drug-likeness (QED) is 0.476. The summed E-state index contributed by atoms with van der Waals surface area (Å²) in [7, 11) is 0. The smallest absolute Gasteiger partial charge is 0.398 e. The minimum Gasteiger partial charge on any atom is -0.457 e. The van der Waals surface area contributed by atoms with Gasteiger partial charge in [0.25, 0.3) is 11.8 Å². The number of fused-ring (bicyclic) bond motifs is 5. The standard InChI is InChI=1S/C14H5Cl6NO5/c15-7-8(16)13(18)6-5(12(7,17)14(13,19)20)9(22)21(10(6)23)26-11(24)4-2-1-3-25-4/h1-3,5-6H/t5-,6-,12+,13+/m0/s1. The van der Waals surface area contributed by atoms with E-state index in [0.717, 1.165) is 0 Å². The van der Waals surface area contributed by atoms with Gasteiger partial charge in [-0.2, -0.15) is 0 Å². The van der Waals surface area contributed by atoms with E-state index in [1.807, 2.05) is 0 Å². The van der Waals surface area contributed by atoms with Crippen LogP contribution in [0, 0.1) is 11.8 Å². The van der Waals surface area contributed by atoms with Crippen LogP contribution in [-0.2, 0) is 14.4 Å². The predicted octanol–water partition coefficient (Wildman–Crippen LogP) is 3.80. The molecule has 0 aromatic carbocycles. The largest absolute Gasteiger partial charge is 0.457 e. The van der Waals surface area contributed by atoms with E-state index in [1.54, 1.807) is 0 Å². The van der Waals surface area contributed by atoms with Crippen molar-refractivity contribution in [3.63, 3.8) is 0 Å². The Morgan fingerprint density at radius 2 is 1.54 bits per heavy atom. The molecule has 1 saturated heterocycles. The fourth-order valence-corrected chi connectivity index (χ4v) is 6.51. The van der Waals surface area contributed by atoms with Crippen LogP contribution < -0.4 is 0 Å². The van der Waals surface area contributed by atoms with Gasteiger partial charge in [-0.25, -0.2) is 4.79 Å². The summed E-state index contributed by atoms with van der Waals surface area (Å²) < 4.78 is 2.82. The molecule has 4 atom stereocenters. The maximum Gasteiger partial charge on any atom is 0.398 e. The Balaban J connectivity index is 1.76. The third-order valence-electron chi connectivity index (χ3n) is 4.76. The predicted molar refractivity (Wildman–Crippen MR) is 93.3 cm³/mol. The Hall–Kier alpha value is -0.630. The van der Waals surface area contributed by atoms with Gasteiger partial charge in [0.05, 0.1) is 28.2 Å². The molecule has 12 heteroatoms. The molecule has 2 heterocycles. The van der Waals surface area contributed by atoms with Crippen molar-refractivity contribution in [3.8, 4) is 0 Å². The number of imide groups is 1. The third-order valence-corrected chi connectivity index (χ3v) is 9.02. The molecule has 6 nitrogen and oxygen atoms in total. The van der Waals surface area contributed by atoms with Crippen molar-refractivity contribution in [2.45, 2.75) is 14.1 Å². The van der Waals surface area contributed by atoms with Gasteiger partial charge in [0.15, 0.2) is 4.33 Å². The second-order valence-corrected chi connectivity index (χ2v) is 9.18. The van der Waals surface area contributed by atoms with E-state index in [4.69, 9.17) is 78.9 Å². The number of rotatable bonds is 2. The first-order valence-electron chi connectivity index (χ1n) is 6.96. The van der Waals surface area contributed by atoms with Crippen LogP contribution in [0.3, 0.4) is 0 Å². The van der Waals surface area contributed by atoms with Crippen LogP contribution in [0.25, 0.3) is 0 Å². The monoisotopic (exact) mass is 477 g/mol. The molecule has 0 unspecified atom stereocenters. The highest BCUT2D eigenvalue weighted by atomic mass is 35.5. The summed E-state index contributed by atoms with van der Waals surface area (Å²) >= 11 is 37.9. The number of carbonyl (C=O) groups excluding carboxylic acids is 3. The zero-order valence-electron chi connectivity index (χ0n) is 12.1. The van der Waals surface area contributed by atoms with Gasteiger partial charge >= 0.3 is 5.97 Å². The fourth-order valence-electron chi connectivity index (χ4n) is 3.58. The number of hydrogen-bond donors (Lipinski definition) is 0. The van der Waals surface area contributed by atoms with Gasteiger partial charge in [-0.05, 0) is 12.1 Å². The maximum atomic E-state index is 12.8. The summed E-state index contributed by atoms with van der Waals surface area (Å²) in [6, 6.07) is 2.72. The summed E-state index contributed by atoms with van der Waals surface area (Å²) in [5.41, 5.74) is 0. The molecule has 1 aliphatic heterocycles. The molecular formula is C14H5Cl6NO5. The molecular weight excluding hydrogens is 475 g/mol. The molecule has 2 fully saturated rings. The zero-order chi connectivity index (χ0) is 19.2. The number of hydroxylamine groups is 2. The highest BCUT2D eigenvalue weighted by Gasteiger charge is 2.88. The molecule has 2 bridgehead atoms. The van der Waals surface area contributed by atoms with E-state index in [0.29, 0.717) is 0 Å². The molecule has 138 valence electrons. The molecule has 3 aliphatic rings. The van der Waals surface area contributed by atoms with E-state index < -0.39 is 43.7 Å². The van der Waals surface area contributed by atoms with Gasteiger partial charge in [0, 0.05) is 0 Å². The van der Waals surface area contributed by atoms with Crippen molar-refractivity contribution in [1.82, 2.24) is 5.06 Å². The number of carbonyl (C=O) groups is 3. The Morgan fingerprint density at radius 1 is 1.04 bits per heavy atom. The number of amides is 2. The number of furan rings is 1. The molecule has 26 heavy (non-hydrogen) atoms. The molecule has 1 saturated carbocycles. The summed E-state index contributed by atoms with van der Waals surface area (Å²) in [5.74, 6) is -5.96. The molecule has 4 rings (SSSR count). The highest BCUT2D eigenvalue weighted by Crippen LogP contribution is 2.77. The number of halogens is 6. The molecule has 1 aromatic rings. The molecule has 1 aromatic heterocycles. The Kier molecular flexibility index (Phi) is 3.93. The second kappa shape index (κ2) is 5.46. The van der Waals surface area contributed by atoms with Crippen LogP contribution in [0.2, 0.25) is 0 Å². The van der Waals surface area contributed by atoms with E-state index in [-0.39, 0.29) is 20.9 Å². The lowest BCUT2D eigenvalue weighted by molar-refractivity contribution is -0.175. The zero-order valence-corrected chi connectivity index (χ0v) is 16.7. The minimum absolute atomic E-state index is 0.218. The van der Waals surface area contributed by atoms with Crippen molar-refractivity contribution in [2.75, 3.05) is 0 Å². The molecule has 2 aliphatic carbocycles. The van der Waals surface area contributed by atoms with Crippen LogP contribution in [0.4, 0.5) is 0 Å². The van der Waals surface area contributed by atoms with Crippen molar-refractivity contribution in [3.05, 3.63) is 34.2 Å². The van der Waals surface area contributed by atoms with Crippen molar-refractivity contribution in [2.24, 2.45) is 11.8 Å². The lowest BCUT2D eigenvalue weighted by Gasteiger charge is -2.34. The van der Waals surface area contributed by atoms with Crippen molar-refractivity contribution >= 4 is 87.4 Å². The normalized spacial score (nSPS) is 37.5. The Bertz CT molecular complexity index is 852. The van der Waals surface area contributed by atoms with Gasteiger partial charge in [-0.1, -0.05) is 46.4 Å². The SMILES string of the molecule is O=C(ON1C(=O)[C@@H]2[C@@H](C1=O)[C@@]1(Cl)C(Cl)=C(Cl)[C@@]2(Cl)C1(Cl)Cl)c1ccco1. The topological polar surface area (TPSA) is 76.8 Å². The summed E-state index contributed by atoms with van der Waals surface area (Å²) in [6.07, 6.45) is 1.22. The van der Waals surface area contributed by atoms with E-state index >= 15 is 0 Å². The van der Waals surface area contributed by atoms with Gasteiger partial charge in [-0.15, -0.1) is 28.3 Å². The summed E-state index contributed by atoms with van der Waals surface area (Å²) in [4.78, 5) is 38.6. The average Bonchev–Trinajstić information content (AvgIpc) is 3.25. The molecule has 0 spiro atoms. The third kappa shape index (κ3) is 1.81. The van der Waals surface area contributed by atoms with E-state index in [2.05, 4.69) is 0 Å². The number of allylic oxidation sites excluding steroid dienone is 2. The van der Waals surface area contributed by atoms with Gasteiger partial charge in [0.1, 0.15) is 9.75 Å². The van der Waals surface area contributed by atoms with Crippen molar-refractivity contribution < 1.29 is 23.6 Å². The fraction of sp³-hybridized carbons (Fsp3) is 0.357. The van der Waals surface area contributed by atoms with Crippen LogP contribution in [-0.4, -0.2) is 36.9 Å². The lowest BCUT2D eigenvalue weighted by atomic mass is 9.84. The van der Waals surface area contributed by atoms with Crippen LogP contribution in [0.1, 0.15) is 10.6 Å². The molecule has 2 amide bonds. The number of nitrogens with zero attached hydrogens (tertiary/aromatic N) is 1. The highest BCUT2D eigenvalue weighted by molar-refractivity contribution is 6.66. The van der Waals surface area contributed by atoms with Crippen LogP contribution in [0.15, 0.2) is 32.9 Å². The van der Waals surface area contributed by atoms with Gasteiger partial charge < -0.3 is 9.25 Å². The Labute approximate surface area is 175 Å². The molecule has 0 radical (unpaired) electrons. The first-order chi connectivity index (χ1) is 12.0. The molecule has 0 N–H and O–H groups in total. The van der Waals surface area contributed by atoms with Gasteiger partial charge in [-0.3, -0.25) is 9.59 Å². The van der Waals surface area contributed by atoms with Crippen molar-refractivity contribution in [1.29, 1.82) is 0 Å². The van der Waals surface area contributed by atoms with Crippen LogP contribution in [0.5, 0.6) is 0 Å². The summed E-state index contributed by atoms with van der Waals surface area (Å²) in [5, 5.41) is -0.207. The number of alkyl halides is 4. The van der Waals surface area contributed by atoms with E-state index in [1.165, 1.54) is 18.4 Å². The summed E-state index contributed by atoms with van der Waals surface area (Å²) in [6.45, 7) is 0. The first kappa shape index (κ1) is 18.7. The maximum absolute atomic E-state index is 12.8. The van der Waals surface area contributed by atoms with Crippen LogP contribution >= 0.6 is 69.6 Å². The number of hydrogen-bond acceptors (Lipinski definition) is 5. The lowest BCUT2D eigenvalue weighted by Crippen LogP contribution is -2.50. The second-order valence-electron chi connectivity index (χ2n) is 5.91. The average molecular weight is 480 g/mol. The minimum atomic E-state index is -2.05. The Morgan fingerprint density at radius 3 is 1.96 bits per heavy atom. The van der Waals surface area contributed by atoms with E-state index in [9.17, 15) is 14.4 Å².